The van der Waals surface area contributed by atoms with Gasteiger partial charge < -0.3 is 9.84 Å². The third kappa shape index (κ3) is 4.11. The van der Waals surface area contributed by atoms with Crippen molar-refractivity contribution in [1.29, 1.82) is 0 Å². The lowest BCUT2D eigenvalue weighted by Gasteiger charge is -2.20. The summed E-state index contributed by atoms with van der Waals surface area (Å²) in [6.07, 6.45) is 5.86. The molecule has 2 aromatic carbocycles. The SMILES string of the molecule is C=CCOc1cccc(C(Cc2ccccn2)c2ccc3cccnc3c2O)c1. The summed E-state index contributed by atoms with van der Waals surface area (Å²) in [5.41, 5.74) is 3.43. The van der Waals surface area contributed by atoms with Gasteiger partial charge in [0.25, 0.3) is 0 Å². The van der Waals surface area contributed by atoms with E-state index in [1.54, 1.807) is 18.5 Å². The van der Waals surface area contributed by atoms with E-state index < -0.39 is 0 Å². The number of aromatic hydroxyl groups is 1. The molecule has 29 heavy (non-hydrogen) atoms. The highest BCUT2D eigenvalue weighted by molar-refractivity contribution is 5.85. The molecule has 0 radical (unpaired) electrons. The van der Waals surface area contributed by atoms with Crippen LogP contribution in [0.3, 0.4) is 0 Å². The number of hydrogen-bond acceptors (Lipinski definition) is 4. The number of phenols is 1. The Morgan fingerprint density at radius 3 is 2.69 bits per heavy atom. The molecule has 144 valence electrons. The summed E-state index contributed by atoms with van der Waals surface area (Å²) in [7, 11) is 0. The lowest BCUT2D eigenvalue weighted by molar-refractivity contribution is 0.362. The van der Waals surface area contributed by atoms with E-state index in [-0.39, 0.29) is 11.7 Å². The minimum Gasteiger partial charge on any atom is -0.505 e. The molecule has 2 heterocycles. The highest BCUT2D eigenvalue weighted by atomic mass is 16.5. The van der Waals surface area contributed by atoms with E-state index in [1.807, 2.05) is 60.7 Å². The van der Waals surface area contributed by atoms with Gasteiger partial charge in [0.2, 0.25) is 0 Å². The van der Waals surface area contributed by atoms with E-state index >= 15 is 0 Å². The molecule has 0 bridgehead atoms. The Morgan fingerprint density at radius 1 is 0.966 bits per heavy atom. The zero-order chi connectivity index (χ0) is 20.1. The minimum atomic E-state index is -0.0939. The number of pyridine rings is 2. The van der Waals surface area contributed by atoms with Crippen LogP contribution in [0.4, 0.5) is 0 Å². The van der Waals surface area contributed by atoms with Crippen LogP contribution in [0.1, 0.15) is 22.7 Å². The van der Waals surface area contributed by atoms with Crippen molar-refractivity contribution in [3.8, 4) is 11.5 Å². The van der Waals surface area contributed by atoms with E-state index in [0.29, 0.717) is 18.5 Å². The maximum absolute atomic E-state index is 11.0. The first kappa shape index (κ1) is 18.7. The second-order valence-electron chi connectivity index (χ2n) is 6.83. The molecule has 0 aliphatic rings. The fourth-order valence-electron chi connectivity index (χ4n) is 3.54. The second-order valence-corrected chi connectivity index (χ2v) is 6.83. The van der Waals surface area contributed by atoms with Crippen LogP contribution in [0.5, 0.6) is 11.5 Å². The molecule has 0 fully saturated rings. The Balaban J connectivity index is 1.81. The third-order valence-corrected chi connectivity index (χ3v) is 4.92. The van der Waals surface area contributed by atoms with Gasteiger partial charge in [-0.05, 0) is 35.9 Å². The highest BCUT2D eigenvalue weighted by Gasteiger charge is 2.21. The van der Waals surface area contributed by atoms with E-state index in [4.69, 9.17) is 4.74 Å². The number of hydrogen-bond donors (Lipinski definition) is 1. The van der Waals surface area contributed by atoms with Crippen LogP contribution < -0.4 is 4.74 Å². The Kier molecular flexibility index (Phi) is 5.52. The number of aromatic nitrogens is 2. The molecule has 4 rings (SSSR count). The third-order valence-electron chi connectivity index (χ3n) is 4.92. The van der Waals surface area contributed by atoms with Gasteiger partial charge >= 0.3 is 0 Å². The maximum Gasteiger partial charge on any atom is 0.145 e. The summed E-state index contributed by atoms with van der Waals surface area (Å²) < 4.78 is 5.72. The molecule has 0 amide bonds. The molecule has 1 atom stereocenters. The summed E-state index contributed by atoms with van der Waals surface area (Å²) >= 11 is 0. The Labute approximate surface area is 170 Å². The zero-order valence-corrected chi connectivity index (χ0v) is 16.0. The molecule has 1 unspecified atom stereocenters. The molecule has 0 aliphatic carbocycles. The molecule has 0 spiro atoms. The molecule has 0 aliphatic heterocycles. The predicted octanol–water partition coefficient (Wildman–Crippen LogP) is 5.27. The van der Waals surface area contributed by atoms with Gasteiger partial charge in [0.1, 0.15) is 23.6 Å². The second kappa shape index (κ2) is 8.57. The van der Waals surface area contributed by atoms with Crippen LogP contribution in [-0.2, 0) is 6.42 Å². The van der Waals surface area contributed by atoms with Crippen molar-refractivity contribution in [3.05, 3.63) is 109 Å². The molecule has 4 nitrogen and oxygen atoms in total. The van der Waals surface area contributed by atoms with Crippen molar-refractivity contribution in [3.63, 3.8) is 0 Å². The van der Waals surface area contributed by atoms with Crippen LogP contribution in [0.15, 0.2) is 91.8 Å². The van der Waals surface area contributed by atoms with Gasteiger partial charge in [-0.2, -0.15) is 0 Å². The fourth-order valence-corrected chi connectivity index (χ4v) is 3.54. The number of nitrogens with zero attached hydrogens (tertiary/aromatic N) is 2. The maximum atomic E-state index is 11.0. The molecular weight excluding hydrogens is 360 g/mol. The summed E-state index contributed by atoms with van der Waals surface area (Å²) in [5, 5.41) is 12.0. The van der Waals surface area contributed by atoms with Gasteiger partial charge in [0.15, 0.2) is 0 Å². The average molecular weight is 382 g/mol. The molecule has 4 heteroatoms. The van der Waals surface area contributed by atoms with E-state index in [2.05, 4.69) is 22.6 Å². The normalized spacial score (nSPS) is 11.9. The van der Waals surface area contributed by atoms with E-state index in [0.717, 1.165) is 28.0 Å². The van der Waals surface area contributed by atoms with Crippen LogP contribution in [0.25, 0.3) is 10.9 Å². The number of benzene rings is 2. The molecule has 0 saturated carbocycles. The summed E-state index contributed by atoms with van der Waals surface area (Å²) in [6.45, 7) is 4.15. The summed E-state index contributed by atoms with van der Waals surface area (Å²) in [6, 6.07) is 21.6. The minimum absolute atomic E-state index is 0.0939. The fraction of sp³-hybridized carbons (Fsp3) is 0.120. The van der Waals surface area contributed by atoms with Gasteiger partial charge in [-0.25, -0.2) is 0 Å². The number of rotatable bonds is 7. The van der Waals surface area contributed by atoms with Gasteiger partial charge in [-0.15, -0.1) is 0 Å². The number of ether oxygens (including phenoxy) is 1. The summed E-state index contributed by atoms with van der Waals surface area (Å²) in [4.78, 5) is 8.87. The molecule has 4 aromatic rings. The number of fused-ring (bicyclic) bond motifs is 1. The number of phenolic OH excluding ortho intramolecular Hbond substituents is 1. The van der Waals surface area contributed by atoms with E-state index in [1.165, 1.54) is 0 Å². The van der Waals surface area contributed by atoms with Gasteiger partial charge in [-0.1, -0.05) is 49.1 Å². The molecule has 2 aromatic heterocycles. The standard InChI is InChI=1S/C25H22N2O2/c1-2-15-29-21-10-5-7-19(16-21)23(17-20-9-3-4-13-26-20)22-12-11-18-8-6-14-27-24(18)25(22)28/h2-14,16,23,28H,1,15,17H2. The van der Waals surface area contributed by atoms with Crippen LogP contribution in [0, 0.1) is 0 Å². The Morgan fingerprint density at radius 2 is 1.86 bits per heavy atom. The average Bonchev–Trinajstić information content (AvgIpc) is 2.78. The predicted molar refractivity (Wildman–Crippen MR) is 115 cm³/mol. The molecule has 0 saturated heterocycles. The van der Waals surface area contributed by atoms with Crippen LogP contribution >= 0.6 is 0 Å². The van der Waals surface area contributed by atoms with Gasteiger partial charge in [0.05, 0.1) is 0 Å². The largest absolute Gasteiger partial charge is 0.505 e. The van der Waals surface area contributed by atoms with Crippen molar-refractivity contribution in [2.75, 3.05) is 6.61 Å². The Hall–Kier alpha value is -3.66. The van der Waals surface area contributed by atoms with E-state index in [9.17, 15) is 5.11 Å². The monoisotopic (exact) mass is 382 g/mol. The van der Waals surface area contributed by atoms with Crippen molar-refractivity contribution >= 4 is 10.9 Å². The highest BCUT2D eigenvalue weighted by Crippen LogP contribution is 2.38. The smallest absolute Gasteiger partial charge is 0.145 e. The zero-order valence-electron chi connectivity index (χ0n) is 16.0. The van der Waals surface area contributed by atoms with Gasteiger partial charge in [-0.3, -0.25) is 9.97 Å². The van der Waals surface area contributed by atoms with Crippen molar-refractivity contribution < 1.29 is 9.84 Å². The first-order chi connectivity index (χ1) is 14.3. The topological polar surface area (TPSA) is 55.2 Å². The first-order valence-corrected chi connectivity index (χ1v) is 9.56. The van der Waals surface area contributed by atoms with Crippen molar-refractivity contribution in [2.24, 2.45) is 0 Å². The van der Waals surface area contributed by atoms with Gasteiger partial charge in [0, 0.05) is 41.4 Å². The molecule has 1 N–H and O–H groups in total. The van der Waals surface area contributed by atoms with Crippen LogP contribution in [-0.4, -0.2) is 21.7 Å². The lowest BCUT2D eigenvalue weighted by Crippen LogP contribution is -2.07. The molecular formula is C25H22N2O2. The Bertz CT molecular complexity index is 1130. The quantitative estimate of drug-likeness (QED) is 0.442. The van der Waals surface area contributed by atoms with Crippen molar-refractivity contribution in [1.82, 2.24) is 9.97 Å². The lowest BCUT2D eigenvalue weighted by atomic mass is 9.86. The first-order valence-electron chi connectivity index (χ1n) is 9.56. The van der Waals surface area contributed by atoms with Crippen molar-refractivity contribution in [2.45, 2.75) is 12.3 Å². The summed E-state index contributed by atoms with van der Waals surface area (Å²) in [5.74, 6) is 0.886. The van der Waals surface area contributed by atoms with Crippen LogP contribution in [0.2, 0.25) is 0 Å².